The van der Waals surface area contributed by atoms with Gasteiger partial charge < -0.3 is 9.26 Å². The molecule has 0 aromatic carbocycles. The molecule has 0 radical (unpaired) electrons. The molecule has 2 rings (SSSR count). The number of esters is 1. The third-order valence-electron chi connectivity index (χ3n) is 1.55. The van der Waals surface area contributed by atoms with E-state index in [-0.39, 0.29) is 5.69 Å². The molecule has 72 valence electrons. The molecule has 2 heterocycles. The minimum absolute atomic E-state index is 0.151. The average molecular weight is 210 g/mol. The first-order valence-electron chi connectivity index (χ1n) is 3.76. The van der Waals surface area contributed by atoms with Crippen molar-refractivity contribution < 1.29 is 14.1 Å². The lowest BCUT2D eigenvalue weighted by molar-refractivity contribution is 0.0589. The topological polar surface area (TPSA) is 65.2 Å². The Bertz CT molecular complexity index is 435. The highest BCUT2D eigenvalue weighted by molar-refractivity contribution is 7.13. The summed E-state index contributed by atoms with van der Waals surface area (Å²) in [4.78, 5) is 15.1. The van der Waals surface area contributed by atoms with Gasteiger partial charge in [0.2, 0.25) is 0 Å². The zero-order valence-electron chi connectivity index (χ0n) is 7.26. The van der Waals surface area contributed by atoms with Crippen LogP contribution in [0.2, 0.25) is 0 Å². The summed E-state index contributed by atoms with van der Waals surface area (Å²) in [5.74, 6) is -0.0445. The van der Waals surface area contributed by atoms with Crippen LogP contribution in [0, 0.1) is 0 Å². The Kier molecular flexibility index (Phi) is 2.28. The summed E-state index contributed by atoms with van der Waals surface area (Å²) in [5.41, 5.74) is 0.151. The summed E-state index contributed by atoms with van der Waals surface area (Å²) >= 11 is 1.41. The van der Waals surface area contributed by atoms with Gasteiger partial charge in [0.15, 0.2) is 16.5 Å². The van der Waals surface area contributed by atoms with Crippen LogP contribution in [0.15, 0.2) is 22.2 Å². The minimum atomic E-state index is -0.517. The fourth-order valence-corrected chi connectivity index (χ4v) is 1.51. The fourth-order valence-electron chi connectivity index (χ4n) is 0.922. The Morgan fingerprint density at radius 3 is 3.14 bits per heavy atom. The van der Waals surface area contributed by atoms with Crippen LogP contribution in [0.1, 0.15) is 10.5 Å². The van der Waals surface area contributed by atoms with Gasteiger partial charge in [-0.05, 0) is 0 Å². The summed E-state index contributed by atoms with van der Waals surface area (Å²) in [6.45, 7) is 0. The molecule has 0 aliphatic rings. The highest BCUT2D eigenvalue weighted by atomic mass is 32.1. The second-order valence-corrected chi connectivity index (χ2v) is 3.30. The van der Waals surface area contributed by atoms with E-state index in [4.69, 9.17) is 4.52 Å². The number of nitrogens with zero attached hydrogens (tertiary/aromatic N) is 2. The summed E-state index contributed by atoms with van der Waals surface area (Å²) in [6.07, 6.45) is 1.65. The summed E-state index contributed by atoms with van der Waals surface area (Å²) in [6, 6.07) is 1.50. The lowest BCUT2D eigenvalue weighted by Gasteiger charge is -1.88. The molecule has 0 fully saturated rings. The smallest absolute Gasteiger partial charge is 0.360 e. The van der Waals surface area contributed by atoms with Gasteiger partial charge in [-0.3, -0.25) is 0 Å². The minimum Gasteiger partial charge on any atom is -0.464 e. The van der Waals surface area contributed by atoms with Crippen LogP contribution >= 0.6 is 11.3 Å². The van der Waals surface area contributed by atoms with E-state index in [0.29, 0.717) is 10.8 Å². The standard InChI is InChI=1S/C8H6N2O3S/c1-12-8(11)5-4-6(13-10-5)7-9-2-3-14-7/h2-4H,1H3. The Morgan fingerprint density at radius 1 is 1.64 bits per heavy atom. The van der Waals surface area contributed by atoms with Crippen molar-refractivity contribution in [1.82, 2.24) is 10.1 Å². The van der Waals surface area contributed by atoms with Crippen LogP contribution in [0.25, 0.3) is 10.8 Å². The molecule has 0 unspecified atom stereocenters. The largest absolute Gasteiger partial charge is 0.464 e. The number of carbonyl (C=O) groups is 1. The van der Waals surface area contributed by atoms with Crippen LogP contribution < -0.4 is 0 Å². The number of aromatic nitrogens is 2. The van der Waals surface area contributed by atoms with Crippen LogP contribution in [0.3, 0.4) is 0 Å². The van der Waals surface area contributed by atoms with Crippen LogP contribution in [0.5, 0.6) is 0 Å². The summed E-state index contributed by atoms with van der Waals surface area (Å²) in [5, 5.41) is 6.06. The fraction of sp³-hybridized carbons (Fsp3) is 0.125. The molecule has 0 aliphatic carbocycles. The Morgan fingerprint density at radius 2 is 2.50 bits per heavy atom. The summed E-state index contributed by atoms with van der Waals surface area (Å²) in [7, 11) is 1.29. The SMILES string of the molecule is COC(=O)c1cc(-c2nccs2)on1. The highest BCUT2D eigenvalue weighted by Gasteiger charge is 2.14. The van der Waals surface area contributed by atoms with Crippen molar-refractivity contribution in [3.05, 3.63) is 23.3 Å². The summed E-state index contributed by atoms with van der Waals surface area (Å²) < 4.78 is 9.42. The third-order valence-corrected chi connectivity index (χ3v) is 2.34. The number of hydrogen-bond donors (Lipinski definition) is 0. The van der Waals surface area contributed by atoms with Gasteiger partial charge in [-0.25, -0.2) is 9.78 Å². The number of hydrogen-bond acceptors (Lipinski definition) is 6. The van der Waals surface area contributed by atoms with E-state index in [9.17, 15) is 4.79 Å². The molecule has 0 N–H and O–H groups in total. The maximum absolute atomic E-state index is 11.0. The number of carbonyl (C=O) groups excluding carboxylic acids is 1. The van der Waals surface area contributed by atoms with Crippen molar-refractivity contribution in [2.45, 2.75) is 0 Å². The van der Waals surface area contributed by atoms with Gasteiger partial charge in [0.25, 0.3) is 0 Å². The maximum atomic E-state index is 11.0. The van der Waals surface area contributed by atoms with Gasteiger partial charge in [0.05, 0.1) is 7.11 Å². The molecule has 2 aromatic heterocycles. The molecule has 0 saturated carbocycles. The lowest BCUT2D eigenvalue weighted by atomic mass is 10.4. The van der Waals surface area contributed by atoms with Gasteiger partial charge in [-0.15, -0.1) is 11.3 Å². The van der Waals surface area contributed by atoms with Crippen molar-refractivity contribution >= 4 is 17.3 Å². The van der Waals surface area contributed by atoms with Crippen molar-refractivity contribution in [2.75, 3.05) is 7.11 Å². The molecular weight excluding hydrogens is 204 g/mol. The number of methoxy groups -OCH3 is 1. The van der Waals surface area contributed by atoms with E-state index in [1.165, 1.54) is 24.5 Å². The lowest BCUT2D eigenvalue weighted by Crippen LogP contribution is -2.00. The first kappa shape index (κ1) is 8.89. The number of rotatable bonds is 2. The third kappa shape index (κ3) is 1.51. The molecular formula is C8H6N2O3S. The Balaban J connectivity index is 2.31. The maximum Gasteiger partial charge on any atom is 0.360 e. The first-order valence-corrected chi connectivity index (χ1v) is 4.64. The van der Waals surface area contributed by atoms with Crippen LogP contribution in [-0.4, -0.2) is 23.2 Å². The zero-order chi connectivity index (χ0) is 9.97. The van der Waals surface area contributed by atoms with Gasteiger partial charge >= 0.3 is 5.97 Å². The van der Waals surface area contributed by atoms with Crippen molar-refractivity contribution in [3.63, 3.8) is 0 Å². The first-order chi connectivity index (χ1) is 6.81. The van der Waals surface area contributed by atoms with Crippen molar-refractivity contribution in [1.29, 1.82) is 0 Å². The molecule has 0 amide bonds. The Labute approximate surface area is 83.3 Å². The van der Waals surface area contributed by atoms with Crippen molar-refractivity contribution in [2.24, 2.45) is 0 Å². The normalized spacial score (nSPS) is 10.1. The predicted octanol–water partition coefficient (Wildman–Crippen LogP) is 1.58. The van der Waals surface area contributed by atoms with E-state index >= 15 is 0 Å². The van der Waals surface area contributed by atoms with Crippen molar-refractivity contribution in [3.8, 4) is 10.8 Å². The van der Waals surface area contributed by atoms with Crippen LogP contribution in [0.4, 0.5) is 0 Å². The second-order valence-electron chi connectivity index (χ2n) is 2.41. The molecule has 14 heavy (non-hydrogen) atoms. The molecule has 2 aromatic rings. The van der Waals surface area contributed by atoms with Gasteiger partial charge in [0, 0.05) is 17.6 Å². The molecule has 0 atom stereocenters. The zero-order valence-corrected chi connectivity index (χ0v) is 8.08. The highest BCUT2D eigenvalue weighted by Crippen LogP contribution is 2.22. The van der Waals surface area contributed by atoms with E-state index in [2.05, 4.69) is 14.9 Å². The predicted molar refractivity (Wildman–Crippen MR) is 49.0 cm³/mol. The van der Waals surface area contributed by atoms with E-state index < -0.39 is 5.97 Å². The molecule has 0 bridgehead atoms. The number of thiazole rings is 1. The van der Waals surface area contributed by atoms with E-state index in [0.717, 1.165) is 0 Å². The van der Waals surface area contributed by atoms with Gasteiger partial charge in [-0.1, -0.05) is 5.16 Å². The molecule has 6 heteroatoms. The quantitative estimate of drug-likeness (QED) is 0.704. The average Bonchev–Trinajstić information content (AvgIpc) is 2.86. The molecule has 0 aliphatic heterocycles. The second kappa shape index (κ2) is 3.59. The molecule has 0 saturated heterocycles. The number of ether oxygens (including phenoxy) is 1. The Hall–Kier alpha value is -1.69. The molecule has 0 spiro atoms. The molecule has 5 nitrogen and oxygen atoms in total. The van der Waals surface area contributed by atoms with Gasteiger partial charge in [-0.2, -0.15) is 0 Å². The monoisotopic (exact) mass is 210 g/mol. The van der Waals surface area contributed by atoms with E-state index in [1.54, 1.807) is 6.20 Å². The van der Waals surface area contributed by atoms with Crippen LogP contribution in [-0.2, 0) is 4.74 Å². The van der Waals surface area contributed by atoms with E-state index in [1.807, 2.05) is 5.38 Å². The van der Waals surface area contributed by atoms with Gasteiger partial charge in [0.1, 0.15) is 0 Å².